The first-order valence-corrected chi connectivity index (χ1v) is 5.62. The van der Waals surface area contributed by atoms with E-state index in [9.17, 15) is 0 Å². The lowest BCUT2D eigenvalue weighted by Gasteiger charge is -2.16. The van der Waals surface area contributed by atoms with Crippen LogP contribution in [0.1, 0.15) is 38.8 Å². The lowest BCUT2D eigenvalue weighted by molar-refractivity contribution is 0.253. The summed E-state index contributed by atoms with van der Waals surface area (Å²) in [7, 11) is 0. The Labute approximate surface area is 92.4 Å². The summed E-state index contributed by atoms with van der Waals surface area (Å²) in [5.74, 6) is 1.51. The normalized spacial score (nSPS) is 14.7. The minimum Gasteiger partial charge on any atom is -0.493 e. The monoisotopic (exact) mass is 207 g/mol. The van der Waals surface area contributed by atoms with Crippen molar-refractivity contribution in [2.45, 2.75) is 33.2 Å². The summed E-state index contributed by atoms with van der Waals surface area (Å²) in [4.78, 5) is 0. The van der Waals surface area contributed by atoms with Gasteiger partial charge in [0.15, 0.2) is 0 Å². The van der Waals surface area contributed by atoms with Crippen molar-refractivity contribution in [3.8, 4) is 5.75 Å². The van der Waals surface area contributed by atoms with Gasteiger partial charge in [-0.05, 0) is 18.9 Å². The summed E-state index contributed by atoms with van der Waals surface area (Å²) in [6.07, 6.45) is 1.14. The molecule has 15 heavy (non-hydrogen) atoms. The molecule has 1 rings (SSSR count). The van der Waals surface area contributed by atoms with Crippen molar-refractivity contribution >= 4 is 0 Å². The van der Waals surface area contributed by atoms with Crippen LogP contribution in [0.5, 0.6) is 5.75 Å². The van der Waals surface area contributed by atoms with Crippen molar-refractivity contribution < 1.29 is 4.74 Å². The van der Waals surface area contributed by atoms with Crippen LogP contribution in [-0.4, -0.2) is 6.61 Å². The number of para-hydroxylation sites is 1. The van der Waals surface area contributed by atoms with E-state index < -0.39 is 0 Å². The first kappa shape index (κ1) is 12.1. The summed E-state index contributed by atoms with van der Waals surface area (Å²) in [6.45, 7) is 7.10. The highest BCUT2D eigenvalue weighted by molar-refractivity contribution is 5.35. The number of hydrogen-bond acceptors (Lipinski definition) is 2. The van der Waals surface area contributed by atoms with E-state index in [1.54, 1.807) is 0 Å². The smallest absolute Gasteiger partial charge is 0.124 e. The zero-order valence-electron chi connectivity index (χ0n) is 9.86. The number of hydrogen-bond donors (Lipinski definition) is 1. The van der Waals surface area contributed by atoms with Gasteiger partial charge in [0.25, 0.3) is 0 Å². The first-order chi connectivity index (χ1) is 7.15. The van der Waals surface area contributed by atoms with Gasteiger partial charge in [0.05, 0.1) is 6.61 Å². The molecule has 0 bridgehead atoms. The van der Waals surface area contributed by atoms with Gasteiger partial charge in [0.1, 0.15) is 5.75 Å². The highest BCUT2D eigenvalue weighted by Gasteiger charge is 2.08. The molecular formula is C13H21NO. The van der Waals surface area contributed by atoms with Crippen LogP contribution in [-0.2, 0) is 0 Å². The Morgan fingerprint density at radius 1 is 1.27 bits per heavy atom. The Balaban J connectivity index is 2.67. The second-order valence-corrected chi connectivity index (χ2v) is 4.15. The maximum absolute atomic E-state index is 5.87. The van der Waals surface area contributed by atoms with Crippen LogP contribution in [0.4, 0.5) is 0 Å². The van der Waals surface area contributed by atoms with Gasteiger partial charge in [-0.25, -0.2) is 0 Å². The molecule has 0 aliphatic carbocycles. The van der Waals surface area contributed by atoms with Gasteiger partial charge in [-0.15, -0.1) is 0 Å². The summed E-state index contributed by atoms with van der Waals surface area (Å²) in [5.41, 5.74) is 6.96. The summed E-state index contributed by atoms with van der Waals surface area (Å²) < 4.78 is 5.77. The maximum Gasteiger partial charge on any atom is 0.124 e. The van der Waals surface area contributed by atoms with Crippen LogP contribution in [0.15, 0.2) is 24.3 Å². The van der Waals surface area contributed by atoms with Gasteiger partial charge in [0, 0.05) is 11.6 Å². The Hall–Kier alpha value is -1.02. The largest absolute Gasteiger partial charge is 0.493 e. The molecule has 0 heterocycles. The Kier molecular flexibility index (Phi) is 4.63. The van der Waals surface area contributed by atoms with E-state index in [0.29, 0.717) is 5.92 Å². The van der Waals surface area contributed by atoms with Gasteiger partial charge >= 0.3 is 0 Å². The first-order valence-electron chi connectivity index (χ1n) is 5.62. The fourth-order valence-corrected chi connectivity index (χ4v) is 1.34. The molecule has 0 fully saturated rings. The van der Waals surface area contributed by atoms with Crippen molar-refractivity contribution in [1.29, 1.82) is 0 Å². The molecule has 0 spiro atoms. The van der Waals surface area contributed by atoms with E-state index in [1.807, 2.05) is 31.2 Å². The predicted molar refractivity (Wildman–Crippen MR) is 64.0 cm³/mol. The van der Waals surface area contributed by atoms with Crippen molar-refractivity contribution in [3.63, 3.8) is 0 Å². The second-order valence-electron chi connectivity index (χ2n) is 4.15. The van der Waals surface area contributed by atoms with E-state index in [-0.39, 0.29) is 6.04 Å². The van der Waals surface area contributed by atoms with E-state index in [2.05, 4.69) is 13.8 Å². The third-order valence-corrected chi connectivity index (χ3v) is 2.63. The van der Waals surface area contributed by atoms with Gasteiger partial charge in [-0.2, -0.15) is 0 Å². The Bertz CT molecular complexity index is 296. The van der Waals surface area contributed by atoms with Crippen LogP contribution in [0, 0.1) is 5.92 Å². The number of ether oxygens (including phenoxy) is 1. The molecule has 1 aromatic carbocycles. The maximum atomic E-state index is 5.87. The molecule has 2 N–H and O–H groups in total. The van der Waals surface area contributed by atoms with E-state index in [4.69, 9.17) is 10.5 Å². The van der Waals surface area contributed by atoms with Crippen LogP contribution in [0.2, 0.25) is 0 Å². The molecule has 1 unspecified atom stereocenters. The number of rotatable bonds is 5. The lowest BCUT2D eigenvalue weighted by atomic mass is 10.1. The fraction of sp³-hybridized carbons (Fsp3) is 0.538. The zero-order valence-corrected chi connectivity index (χ0v) is 9.86. The van der Waals surface area contributed by atoms with Crippen molar-refractivity contribution in [1.82, 2.24) is 0 Å². The molecule has 0 radical (unpaired) electrons. The lowest BCUT2D eigenvalue weighted by Crippen LogP contribution is -2.11. The molecule has 0 saturated carbocycles. The minimum absolute atomic E-state index is 0.0260. The van der Waals surface area contributed by atoms with Crippen molar-refractivity contribution in [2.24, 2.45) is 11.7 Å². The molecule has 0 aromatic heterocycles. The fourth-order valence-electron chi connectivity index (χ4n) is 1.34. The molecule has 0 amide bonds. The molecule has 2 atom stereocenters. The van der Waals surface area contributed by atoms with Crippen molar-refractivity contribution in [2.75, 3.05) is 6.61 Å². The van der Waals surface area contributed by atoms with Crippen LogP contribution >= 0.6 is 0 Å². The highest BCUT2D eigenvalue weighted by atomic mass is 16.5. The molecule has 0 saturated heterocycles. The third kappa shape index (κ3) is 3.56. The molecular weight excluding hydrogens is 186 g/mol. The summed E-state index contributed by atoms with van der Waals surface area (Å²) >= 11 is 0. The van der Waals surface area contributed by atoms with E-state index in [0.717, 1.165) is 24.3 Å². The van der Waals surface area contributed by atoms with Gasteiger partial charge in [-0.1, -0.05) is 38.5 Å². The standard InChI is InChI=1S/C13H21NO/c1-4-10(2)9-15-13-8-6-5-7-12(13)11(3)14/h5-8,10-11H,4,9,14H2,1-3H3/t10?,11-/m0/s1. The number of nitrogens with two attached hydrogens (primary N) is 1. The van der Waals surface area contributed by atoms with Gasteiger partial charge in [0.2, 0.25) is 0 Å². The van der Waals surface area contributed by atoms with E-state index in [1.165, 1.54) is 0 Å². The predicted octanol–water partition coefficient (Wildman–Crippen LogP) is 3.13. The molecule has 0 aliphatic rings. The molecule has 2 heteroatoms. The molecule has 1 aromatic rings. The third-order valence-electron chi connectivity index (χ3n) is 2.63. The summed E-state index contributed by atoms with van der Waals surface area (Å²) in [5, 5.41) is 0. The minimum atomic E-state index is 0.0260. The van der Waals surface area contributed by atoms with Crippen molar-refractivity contribution in [3.05, 3.63) is 29.8 Å². The summed E-state index contributed by atoms with van der Waals surface area (Å²) in [6, 6.07) is 8.02. The Morgan fingerprint density at radius 2 is 1.93 bits per heavy atom. The SMILES string of the molecule is CCC(C)COc1ccccc1[C@H](C)N. The number of benzene rings is 1. The topological polar surface area (TPSA) is 35.2 Å². The average molecular weight is 207 g/mol. The van der Waals surface area contributed by atoms with Gasteiger partial charge in [-0.3, -0.25) is 0 Å². The van der Waals surface area contributed by atoms with Crippen LogP contribution in [0.3, 0.4) is 0 Å². The second kappa shape index (κ2) is 5.76. The van der Waals surface area contributed by atoms with Crippen LogP contribution < -0.4 is 10.5 Å². The molecule has 2 nitrogen and oxygen atoms in total. The van der Waals surface area contributed by atoms with Gasteiger partial charge < -0.3 is 10.5 Å². The highest BCUT2D eigenvalue weighted by Crippen LogP contribution is 2.23. The zero-order chi connectivity index (χ0) is 11.3. The van der Waals surface area contributed by atoms with E-state index >= 15 is 0 Å². The average Bonchev–Trinajstić information content (AvgIpc) is 2.26. The quantitative estimate of drug-likeness (QED) is 0.805. The van der Waals surface area contributed by atoms with Crippen LogP contribution in [0.25, 0.3) is 0 Å². The molecule has 0 aliphatic heterocycles. The molecule has 84 valence electrons. The Morgan fingerprint density at radius 3 is 2.53 bits per heavy atom.